The van der Waals surface area contributed by atoms with Crippen molar-refractivity contribution in [1.82, 2.24) is 19.7 Å². The number of anilines is 1. The molecule has 2 heterocycles. The van der Waals surface area contributed by atoms with Crippen LogP contribution in [0.4, 0.5) is 13.9 Å². The highest BCUT2D eigenvalue weighted by Gasteiger charge is 2.13. The average Bonchev–Trinajstić information content (AvgIpc) is 3.44. The van der Waals surface area contributed by atoms with E-state index in [1.807, 2.05) is 24.3 Å². The number of carbonyl (C=O) groups excluding carboxylic acids is 1. The molecule has 0 unspecified atom stereocenters. The first-order chi connectivity index (χ1) is 15.0. The van der Waals surface area contributed by atoms with E-state index in [9.17, 15) is 13.6 Å². The number of nitrogens with zero attached hydrogens (tertiary/aromatic N) is 4. The van der Waals surface area contributed by atoms with Crippen LogP contribution in [0.3, 0.4) is 0 Å². The third-order valence-corrected chi connectivity index (χ3v) is 5.87. The molecule has 11 heteroatoms. The Hall–Kier alpha value is -3.31. The van der Waals surface area contributed by atoms with Crippen LogP contribution in [0.5, 0.6) is 5.75 Å². The predicted molar refractivity (Wildman–Crippen MR) is 115 cm³/mol. The van der Waals surface area contributed by atoms with E-state index in [-0.39, 0.29) is 11.7 Å². The van der Waals surface area contributed by atoms with Crippen LogP contribution in [0.25, 0.3) is 16.9 Å². The molecule has 4 aromatic rings. The largest absolute Gasteiger partial charge is 0.497 e. The van der Waals surface area contributed by atoms with Crippen LogP contribution in [0.2, 0.25) is 0 Å². The van der Waals surface area contributed by atoms with E-state index in [1.54, 1.807) is 23.4 Å². The van der Waals surface area contributed by atoms with Crippen molar-refractivity contribution >= 4 is 34.1 Å². The van der Waals surface area contributed by atoms with Gasteiger partial charge in [0.15, 0.2) is 21.9 Å². The zero-order chi connectivity index (χ0) is 21.8. The van der Waals surface area contributed by atoms with Gasteiger partial charge >= 0.3 is 0 Å². The molecule has 0 saturated heterocycles. The van der Waals surface area contributed by atoms with Crippen LogP contribution in [0.15, 0.2) is 59.3 Å². The van der Waals surface area contributed by atoms with Gasteiger partial charge in [-0.1, -0.05) is 11.8 Å². The molecule has 0 bridgehead atoms. The molecule has 0 fully saturated rings. The number of thiazole rings is 1. The van der Waals surface area contributed by atoms with Crippen LogP contribution in [0, 0.1) is 11.6 Å². The number of nitrogens with one attached hydrogen (secondary N) is 1. The first-order valence-corrected chi connectivity index (χ1v) is 10.8. The maximum Gasteiger partial charge on any atom is 0.236 e. The number of thioether (sulfide) groups is 1. The highest BCUT2D eigenvalue weighted by Crippen LogP contribution is 2.27. The van der Waals surface area contributed by atoms with Crippen LogP contribution in [0.1, 0.15) is 0 Å². The predicted octanol–water partition coefficient (Wildman–Crippen LogP) is 4.41. The number of aromatic nitrogens is 4. The van der Waals surface area contributed by atoms with Gasteiger partial charge in [0.1, 0.15) is 12.1 Å². The van der Waals surface area contributed by atoms with Crippen molar-refractivity contribution in [1.29, 1.82) is 0 Å². The topological polar surface area (TPSA) is 81.9 Å². The van der Waals surface area contributed by atoms with Crippen molar-refractivity contribution in [2.24, 2.45) is 0 Å². The number of halogens is 2. The van der Waals surface area contributed by atoms with Gasteiger partial charge in [0.05, 0.1) is 18.6 Å². The zero-order valence-corrected chi connectivity index (χ0v) is 17.7. The molecule has 158 valence electrons. The second-order valence-electron chi connectivity index (χ2n) is 6.19. The molecule has 0 radical (unpaired) electrons. The number of amides is 1. The molecule has 0 aliphatic heterocycles. The highest BCUT2D eigenvalue weighted by atomic mass is 32.2. The van der Waals surface area contributed by atoms with Crippen molar-refractivity contribution < 1.29 is 18.3 Å². The Morgan fingerprint density at radius 3 is 2.74 bits per heavy atom. The molecule has 0 saturated carbocycles. The summed E-state index contributed by atoms with van der Waals surface area (Å²) in [5.41, 5.74) is 1.72. The Morgan fingerprint density at radius 1 is 1.19 bits per heavy atom. The lowest BCUT2D eigenvalue weighted by Crippen LogP contribution is -2.14. The second-order valence-corrected chi connectivity index (χ2v) is 7.99. The molecule has 2 aromatic heterocycles. The lowest BCUT2D eigenvalue weighted by molar-refractivity contribution is -0.113. The van der Waals surface area contributed by atoms with E-state index in [1.165, 1.54) is 29.2 Å². The standard InChI is InChI=1S/C20H15F2N5O2S2/c1-29-14-5-3-13(4-6-14)27-11-23-26-20(27)31-10-18(28)25-19-24-17(9-30-19)12-2-7-15(21)16(22)8-12/h2-9,11H,10H2,1H3,(H,24,25,28). The summed E-state index contributed by atoms with van der Waals surface area (Å²) >= 11 is 2.42. The number of hydrogen-bond acceptors (Lipinski definition) is 7. The maximum absolute atomic E-state index is 13.4. The van der Waals surface area contributed by atoms with Gasteiger partial charge in [0.2, 0.25) is 5.91 Å². The fourth-order valence-electron chi connectivity index (χ4n) is 2.65. The molecule has 4 rings (SSSR count). The van der Waals surface area contributed by atoms with Gasteiger partial charge in [0.25, 0.3) is 0 Å². The maximum atomic E-state index is 13.4. The fourth-order valence-corrected chi connectivity index (χ4v) is 4.11. The molecular weight excluding hydrogens is 444 g/mol. The number of rotatable bonds is 7. The Kier molecular flexibility index (Phi) is 6.23. The normalized spacial score (nSPS) is 10.8. The average molecular weight is 460 g/mol. The van der Waals surface area contributed by atoms with Crippen LogP contribution < -0.4 is 10.1 Å². The van der Waals surface area contributed by atoms with Crippen molar-refractivity contribution in [3.8, 4) is 22.7 Å². The quantitative estimate of drug-likeness (QED) is 0.413. The van der Waals surface area contributed by atoms with E-state index in [2.05, 4.69) is 20.5 Å². The monoisotopic (exact) mass is 459 g/mol. The van der Waals surface area contributed by atoms with Gasteiger partial charge in [0, 0.05) is 16.6 Å². The molecule has 7 nitrogen and oxygen atoms in total. The lowest BCUT2D eigenvalue weighted by atomic mass is 10.2. The first kappa shape index (κ1) is 20.9. The third kappa shape index (κ3) is 4.89. The van der Waals surface area contributed by atoms with Gasteiger partial charge in [-0.3, -0.25) is 9.36 Å². The summed E-state index contributed by atoms with van der Waals surface area (Å²) in [5.74, 6) is -1.33. The molecule has 2 aromatic carbocycles. The Balaban J connectivity index is 1.38. The summed E-state index contributed by atoms with van der Waals surface area (Å²) in [4.78, 5) is 16.6. The molecule has 1 amide bonds. The van der Waals surface area contributed by atoms with Crippen LogP contribution in [-0.4, -0.2) is 38.5 Å². The SMILES string of the molecule is COc1ccc(-n2cnnc2SCC(=O)Nc2nc(-c3ccc(F)c(F)c3)cs2)cc1. The van der Waals surface area contributed by atoms with E-state index in [0.29, 0.717) is 21.5 Å². The Bertz CT molecular complexity index is 1210. The van der Waals surface area contributed by atoms with Gasteiger partial charge in [-0.25, -0.2) is 13.8 Å². The molecule has 0 aliphatic rings. The number of hydrogen-bond donors (Lipinski definition) is 1. The molecular formula is C20H15F2N5O2S2. The van der Waals surface area contributed by atoms with Crippen molar-refractivity contribution in [3.63, 3.8) is 0 Å². The van der Waals surface area contributed by atoms with E-state index < -0.39 is 11.6 Å². The molecule has 0 aliphatic carbocycles. The van der Waals surface area contributed by atoms with Gasteiger partial charge < -0.3 is 10.1 Å². The lowest BCUT2D eigenvalue weighted by Gasteiger charge is -2.07. The summed E-state index contributed by atoms with van der Waals surface area (Å²) in [7, 11) is 1.59. The summed E-state index contributed by atoms with van der Waals surface area (Å²) in [6, 6.07) is 10.9. The minimum atomic E-state index is -0.951. The minimum Gasteiger partial charge on any atom is -0.497 e. The number of benzene rings is 2. The number of methoxy groups -OCH3 is 1. The van der Waals surface area contributed by atoms with E-state index in [0.717, 1.165) is 23.6 Å². The Labute approximate surface area is 184 Å². The van der Waals surface area contributed by atoms with Gasteiger partial charge in [-0.05, 0) is 42.5 Å². The molecule has 31 heavy (non-hydrogen) atoms. The molecule has 1 N–H and O–H groups in total. The Morgan fingerprint density at radius 2 is 2.00 bits per heavy atom. The second kappa shape index (κ2) is 9.23. The molecule has 0 atom stereocenters. The van der Waals surface area contributed by atoms with Crippen molar-refractivity contribution in [2.45, 2.75) is 5.16 Å². The number of ether oxygens (including phenoxy) is 1. The van der Waals surface area contributed by atoms with E-state index >= 15 is 0 Å². The fraction of sp³-hybridized carbons (Fsp3) is 0.100. The molecule has 0 spiro atoms. The third-order valence-electron chi connectivity index (χ3n) is 4.17. The summed E-state index contributed by atoms with van der Waals surface area (Å²) in [6.07, 6.45) is 1.57. The van der Waals surface area contributed by atoms with E-state index in [4.69, 9.17) is 4.74 Å². The minimum absolute atomic E-state index is 0.0922. The number of carbonyl (C=O) groups is 1. The summed E-state index contributed by atoms with van der Waals surface area (Å²) < 4.78 is 33.4. The zero-order valence-electron chi connectivity index (χ0n) is 16.1. The van der Waals surface area contributed by atoms with Gasteiger partial charge in [-0.2, -0.15) is 0 Å². The highest BCUT2D eigenvalue weighted by molar-refractivity contribution is 7.99. The summed E-state index contributed by atoms with van der Waals surface area (Å²) in [6.45, 7) is 0. The first-order valence-electron chi connectivity index (χ1n) is 8.91. The van der Waals surface area contributed by atoms with Gasteiger partial charge in [-0.15, -0.1) is 21.5 Å². The van der Waals surface area contributed by atoms with Crippen LogP contribution >= 0.6 is 23.1 Å². The van der Waals surface area contributed by atoms with Crippen molar-refractivity contribution in [3.05, 3.63) is 65.8 Å². The van der Waals surface area contributed by atoms with Crippen molar-refractivity contribution in [2.75, 3.05) is 18.2 Å². The van der Waals surface area contributed by atoms with Crippen LogP contribution in [-0.2, 0) is 4.79 Å². The smallest absolute Gasteiger partial charge is 0.236 e. The summed E-state index contributed by atoms with van der Waals surface area (Å²) in [5, 5.41) is 13.3.